The fraction of sp³-hybridized carbons (Fsp3) is 0.300. The Kier molecular flexibility index (Phi) is 5.41. The monoisotopic (exact) mass is 386 g/mol. The Morgan fingerprint density at radius 2 is 1.07 bits per heavy atom. The van der Waals surface area contributed by atoms with Crippen LogP contribution in [0.1, 0.15) is 0 Å². The molecule has 0 radical (unpaired) electrons. The lowest BCUT2D eigenvalue weighted by atomic mass is 10.1. The average molecular weight is 386 g/mol. The summed E-state index contributed by atoms with van der Waals surface area (Å²) >= 11 is 0. The van der Waals surface area contributed by atoms with Crippen molar-refractivity contribution in [1.82, 2.24) is 0 Å². The molecule has 2 aromatic rings. The molecule has 0 aliphatic carbocycles. The van der Waals surface area contributed by atoms with E-state index < -0.39 is 12.3 Å². The molecule has 0 aromatic heterocycles. The van der Waals surface area contributed by atoms with Crippen LogP contribution in [0.15, 0.2) is 48.5 Å². The molecular weight excluding hydrogens is 368 g/mol. The molecule has 0 bridgehead atoms. The normalized spacial score (nSPS) is 19.4. The van der Waals surface area contributed by atoms with Gasteiger partial charge in [0.2, 0.25) is 0 Å². The van der Waals surface area contributed by atoms with E-state index in [1.54, 1.807) is 24.3 Å². The summed E-state index contributed by atoms with van der Waals surface area (Å²) in [4.78, 5) is 23.1. The van der Waals surface area contributed by atoms with Crippen molar-refractivity contribution < 1.29 is 38.0 Å². The second kappa shape index (κ2) is 8.28. The zero-order chi connectivity index (χ0) is 19.3. The molecule has 2 atom stereocenters. The van der Waals surface area contributed by atoms with Gasteiger partial charge in [-0.3, -0.25) is 0 Å². The van der Waals surface area contributed by atoms with Crippen LogP contribution >= 0.6 is 0 Å². The first-order chi connectivity index (χ1) is 13.7. The number of carbonyl (C=O) groups is 2. The van der Waals surface area contributed by atoms with Crippen LogP contribution in [0.3, 0.4) is 0 Å². The zero-order valence-electron chi connectivity index (χ0n) is 14.9. The van der Waals surface area contributed by atoms with Crippen LogP contribution in [0.2, 0.25) is 0 Å². The van der Waals surface area contributed by atoms with Gasteiger partial charge in [0.25, 0.3) is 0 Å². The van der Waals surface area contributed by atoms with Crippen molar-refractivity contribution in [3.63, 3.8) is 0 Å². The summed E-state index contributed by atoms with van der Waals surface area (Å²) in [5, 5.41) is 0. The molecule has 2 heterocycles. The van der Waals surface area contributed by atoms with Crippen LogP contribution in [0, 0.1) is 0 Å². The molecule has 2 saturated heterocycles. The molecule has 2 unspecified atom stereocenters. The van der Waals surface area contributed by atoms with Gasteiger partial charge in [0, 0.05) is 0 Å². The summed E-state index contributed by atoms with van der Waals surface area (Å²) in [7, 11) is 0. The smallest absolute Gasteiger partial charge is 0.431 e. The lowest BCUT2D eigenvalue weighted by molar-refractivity contribution is 0.0910. The van der Waals surface area contributed by atoms with Crippen LogP contribution in [0.5, 0.6) is 11.5 Å². The zero-order valence-corrected chi connectivity index (χ0v) is 14.9. The maximum absolute atomic E-state index is 11.6. The Morgan fingerprint density at radius 3 is 1.39 bits per heavy atom. The lowest BCUT2D eigenvalue weighted by Crippen LogP contribution is -2.14. The molecule has 28 heavy (non-hydrogen) atoms. The standard InChI is InChI=1S/C20H18O8/c21-19(25-11-17-9-23-17)27-15-5-1-13(2-6-15)14-3-7-16(8-4-14)28-20(22)26-12-18-10-24-18/h1-8,17-18H,9-12H2. The number of epoxide rings is 2. The van der Waals surface area contributed by atoms with Crippen molar-refractivity contribution in [3.8, 4) is 22.6 Å². The minimum Gasteiger partial charge on any atom is -0.431 e. The molecule has 2 fully saturated rings. The SMILES string of the molecule is O=C(OCC1CO1)Oc1ccc(-c2ccc(OC(=O)OCC3CO3)cc2)cc1. The first-order valence-electron chi connectivity index (χ1n) is 8.78. The highest BCUT2D eigenvalue weighted by molar-refractivity contribution is 5.68. The molecule has 2 aliphatic rings. The van der Waals surface area contributed by atoms with Gasteiger partial charge in [0.15, 0.2) is 0 Å². The van der Waals surface area contributed by atoms with Crippen LogP contribution < -0.4 is 9.47 Å². The molecule has 0 N–H and O–H groups in total. The topological polar surface area (TPSA) is 96.1 Å². The number of benzene rings is 2. The van der Waals surface area contributed by atoms with Gasteiger partial charge >= 0.3 is 12.3 Å². The average Bonchev–Trinajstić information content (AvgIpc) is 3.61. The molecule has 2 aliphatic heterocycles. The Labute approximate surface area is 160 Å². The molecule has 2 aromatic carbocycles. The second-order valence-corrected chi connectivity index (χ2v) is 6.29. The highest BCUT2D eigenvalue weighted by Crippen LogP contribution is 2.25. The van der Waals surface area contributed by atoms with Crippen molar-refractivity contribution in [3.05, 3.63) is 48.5 Å². The highest BCUT2D eigenvalue weighted by Gasteiger charge is 2.25. The van der Waals surface area contributed by atoms with E-state index in [1.165, 1.54) is 0 Å². The molecule has 8 nitrogen and oxygen atoms in total. The number of ether oxygens (including phenoxy) is 6. The maximum atomic E-state index is 11.6. The summed E-state index contributed by atoms with van der Waals surface area (Å²) in [5.41, 5.74) is 1.82. The van der Waals surface area contributed by atoms with Gasteiger partial charge < -0.3 is 28.4 Å². The quantitative estimate of drug-likeness (QED) is 0.407. The predicted molar refractivity (Wildman–Crippen MR) is 95.3 cm³/mol. The van der Waals surface area contributed by atoms with Gasteiger partial charge in [-0.2, -0.15) is 0 Å². The van der Waals surface area contributed by atoms with Crippen molar-refractivity contribution in [1.29, 1.82) is 0 Å². The van der Waals surface area contributed by atoms with E-state index in [1.807, 2.05) is 24.3 Å². The molecular formula is C20H18O8. The molecule has 4 rings (SSSR count). The van der Waals surface area contributed by atoms with Crippen LogP contribution in [0.25, 0.3) is 11.1 Å². The number of hydrogen-bond donors (Lipinski definition) is 0. The summed E-state index contributed by atoms with van der Waals surface area (Å²) in [6.07, 6.45) is -1.53. The van der Waals surface area contributed by atoms with E-state index in [2.05, 4.69) is 0 Å². The Hall–Kier alpha value is -3.10. The van der Waals surface area contributed by atoms with Crippen LogP contribution in [-0.4, -0.2) is 50.9 Å². The molecule has 0 amide bonds. The maximum Gasteiger partial charge on any atom is 0.513 e. The van der Waals surface area contributed by atoms with Gasteiger partial charge in [-0.25, -0.2) is 9.59 Å². The van der Waals surface area contributed by atoms with Crippen molar-refractivity contribution >= 4 is 12.3 Å². The summed E-state index contributed by atoms with van der Waals surface area (Å²) < 4.78 is 29.9. The first kappa shape index (κ1) is 18.3. The fourth-order valence-electron chi connectivity index (χ4n) is 2.33. The van der Waals surface area contributed by atoms with Gasteiger partial charge in [-0.1, -0.05) is 24.3 Å². The third kappa shape index (κ3) is 5.45. The van der Waals surface area contributed by atoms with Crippen molar-refractivity contribution in [2.45, 2.75) is 12.2 Å². The number of rotatable bonds is 7. The van der Waals surface area contributed by atoms with Gasteiger partial charge in [-0.05, 0) is 35.4 Å². The van der Waals surface area contributed by atoms with Crippen molar-refractivity contribution in [2.75, 3.05) is 26.4 Å². The van der Waals surface area contributed by atoms with E-state index >= 15 is 0 Å². The first-order valence-corrected chi connectivity index (χ1v) is 8.78. The van der Waals surface area contributed by atoms with Gasteiger partial charge in [-0.15, -0.1) is 0 Å². The lowest BCUT2D eigenvalue weighted by Gasteiger charge is -2.07. The van der Waals surface area contributed by atoms with Gasteiger partial charge in [0.05, 0.1) is 13.2 Å². The number of hydrogen-bond acceptors (Lipinski definition) is 8. The van der Waals surface area contributed by atoms with E-state index in [-0.39, 0.29) is 25.4 Å². The third-order valence-electron chi connectivity index (χ3n) is 4.02. The van der Waals surface area contributed by atoms with Gasteiger partial charge in [0.1, 0.15) is 36.9 Å². The summed E-state index contributed by atoms with van der Waals surface area (Å²) in [6, 6.07) is 13.9. The van der Waals surface area contributed by atoms with Crippen LogP contribution in [-0.2, 0) is 18.9 Å². The largest absolute Gasteiger partial charge is 0.513 e. The third-order valence-corrected chi connectivity index (χ3v) is 4.02. The second-order valence-electron chi connectivity index (χ2n) is 6.29. The Bertz CT molecular complexity index is 751. The summed E-state index contributed by atoms with van der Waals surface area (Å²) in [6.45, 7) is 1.63. The minimum atomic E-state index is -0.759. The molecule has 146 valence electrons. The van der Waals surface area contributed by atoms with Crippen LogP contribution in [0.4, 0.5) is 9.59 Å². The van der Waals surface area contributed by atoms with E-state index in [4.69, 9.17) is 28.4 Å². The number of carbonyl (C=O) groups excluding carboxylic acids is 2. The highest BCUT2D eigenvalue weighted by atomic mass is 16.7. The van der Waals surface area contributed by atoms with E-state index in [0.29, 0.717) is 24.7 Å². The molecule has 8 heteroatoms. The molecule has 0 spiro atoms. The van der Waals surface area contributed by atoms with E-state index in [0.717, 1.165) is 11.1 Å². The minimum absolute atomic E-state index is 0.00375. The fourth-order valence-corrected chi connectivity index (χ4v) is 2.33. The van der Waals surface area contributed by atoms with E-state index in [9.17, 15) is 9.59 Å². The Balaban J connectivity index is 1.28. The van der Waals surface area contributed by atoms with Crippen molar-refractivity contribution in [2.24, 2.45) is 0 Å². The molecule has 0 saturated carbocycles. The summed E-state index contributed by atoms with van der Waals surface area (Å²) in [5.74, 6) is 0.764. The predicted octanol–water partition coefficient (Wildman–Crippen LogP) is 3.18. The Morgan fingerprint density at radius 1 is 0.714 bits per heavy atom.